The maximum atomic E-state index is 10.9. The summed E-state index contributed by atoms with van der Waals surface area (Å²) in [6.07, 6.45) is 0. The number of rotatable bonds is 9. The molecule has 1 rings (SSSR count). The normalized spacial score (nSPS) is 10.6. The van der Waals surface area contributed by atoms with Gasteiger partial charge in [0, 0.05) is 36.3 Å². The first-order valence-electron chi connectivity index (χ1n) is 5.85. The van der Waals surface area contributed by atoms with Crippen LogP contribution in [-0.2, 0) is 16.0 Å². The van der Waals surface area contributed by atoms with Crippen LogP contribution in [0.3, 0.4) is 0 Å². The quantitative estimate of drug-likeness (QED) is 0.426. The molecule has 0 aromatic heterocycles. The van der Waals surface area contributed by atoms with Crippen molar-refractivity contribution in [2.24, 2.45) is 0 Å². The zero-order valence-corrected chi connectivity index (χ0v) is 12.3. The van der Waals surface area contributed by atoms with Gasteiger partial charge in [0.1, 0.15) is 0 Å². The molecule has 0 spiro atoms. The number of benzene rings is 1. The summed E-state index contributed by atoms with van der Waals surface area (Å²) < 4.78 is 11.0. The molecular formula is C12H17BrN2O4. The third-order valence-electron chi connectivity index (χ3n) is 2.41. The summed E-state index contributed by atoms with van der Waals surface area (Å²) in [6, 6.07) is 4.91. The summed E-state index contributed by atoms with van der Waals surface area (Å²) in [4.78, 5) is 10.5. The van der Waals surface area contributed by atoms with Crippen molar-refractivity contribution >= 4 is 21.6 Å². The lowest BCUT2D eigenvalue weighted by atomic mass is 10.2. The van der Waals surface area contributed by atoms with Crippen LogP contribution in [0.25, 0.3) is 0 Å². The lowest BCUT2D eigenvalue weighted by Crippen LogP contribution is -2.20. The Balaban J connectivity index is 2.36. The third kappa shape index (κ3) is 6.11. The van der Waals surface area contributed by atoms with Crippen LogP contribution in [-0.4, -0.2) is 38.4 Å². The van der Waals surface area contributed by atoms with Gasteiger partial charge in [-0.3, -0.25) is 10.1 Å². The molecule has 0 radical (unpaired) electrons. The second kappa shape index (κ2) is 8.98. The van der Waals surface area contributed by atoms with E-state index in [2.05, 4.69) is 21.2 Å². The zero-order chi connectivity index (χ0) is 14.1. The van der Waals surface area contributed by atoms with Crippen molar-refractivity contribution in [3.05, 3.63) is 38.3 Å². The highest BCUT2D eigenvalue weighted by atomic mass is 79.9. The fourth-order valence-electron chi connectivity index (χ4n) is 1.49. The second-order valence-corrected chi connectivity index (χ2v) is 4.73. The van der Waals surface area contributed by atoms with Crippen LogP contribution in [0.2, 0.25) is 0 Å². The maximum Gasteiger partial charge on any atom is 0.273 e. The highest BCUT2D eigenvalue weighted by Crippen LogP contribution is 2.22. The summed E-state index contributed by atoms with van der Waals surface area (Å²) in [6.45, 7) is 2.73. The maximum absolute atomic E-state index is 10.9. The molecule has 0 bridgehead atoms. The first-order valence-corrected chi connectivity index (χ1v) is 6.64. The predicted octanol–water partition coefficient (Wildman–Crippen LogP) is 2.11. The van der Waals surface area contributed by atoms with Gasteiger partial charge < -0.3 is 14.8 Å². The number of halogens is 1. The van der Waals surface area contributed by atoms with Gasteiger partial charge in [-0.1, -0.05) is 15.9 Å². The topological polar surface area (TPSA) is 73.6 Å². The molecule has 6 nitrogen and oxygen atoms in total. The largest absolute Gasteiger partial charge is 0.382 e. The van der Waals surface area contributed by atoms with Gasteiger partial charge in [-0.2, -0.15) is 0 Å². The third-order valence-corrected chi connectivity index (χ3v) is 2.90. The van der Waals surface area contributed by atoms with Gasteiger partial charge in [0.15, 0.2) is 0 Å². The van der Waals surface area contributed by atoms with Crippen LogP contribution in [0.4, 0.5) is 5.69 Å². The van der Waals surface area contributed by atoms with Gasteiger partial charge in [0.05, 0.1) is 24.7 Å². The van der Waals surface area contributed by atoms with Crippen molar-refractivity contribution < 1.29 is 14.4 Å². The molecule has 0 aliphatic carbocycles. The molecule has 19 heavy (non-hydrogen) atoms. The van der Waals surface area contributed by atoms with E-state index in [0.29, 0.717) is 38.5 Å². The average Bonchev–Trinajstić information content (AvgIpc) is 2.37. The highest BCUT2D eigenvalue weighted by Gasteiger charge is 2.12. The van der Waals surface area contributed by atoms with Crippen molar-refractivity contribution in [3.8, 4) is 0 Å². The molecule has 0 saturated carbocycles. The van der Waals surface area contributed by atoms with E-state index in [4.69, 9.17) is 9.47 Å². The second-order valence-electron chi connectivity index (χ2n) is 3.81. The van der Waals surface area contributed by atoms with Crippen molar-refractivity contribution in [3.63, 3.8) is 0 Å². The standard InChI is InChI=1S/C12H17BrN2O4/c1-18-6-7-19-5-4-14-9-10-8-11(13)2-3-12(10)15(16)17/h2-3,8,14H,4-7,9H2,1H3. The van der Waals surface area contributed by atoms with Gasteiger partial charge >= 0.3 is 0 Å². The Morgan fingerprint density at radius 3 is 2.84 bits per heavy atom. The Morgan fingerprint density at radius 1 is 1.37 bits per heavy atom. The van der Waals surface area contributed by atoms with Crippen LogP contribution >= 0.6 is 15.9 Å². The molecule has 106 valence electrons. The molecule has 1 aromatic carbocycles. The number of hydrogen-bond donors (Lipinski definition) is 1. The molecule has 0 fully saturated rings. The van der Waals surface area contributed by atoms with Gasteiger partial charge in [-0.15, -0.1) is 0 Å². The first kappa shape index (κ1) is 16.0. The predicted molar refractivity (Wildman–Crippen MR) is 75.2 cm³/mol. The minimum absolute atomic E-state index is 0.121. The number of methoxy groups -OCH3 is 1. The molecule has 0 heterocycles. The fourth-order valence-corrected chi connectivity index (χ4v) is 1.89. The number of nitrogens with zero attached hydrogens (tertiary/aromatic N) is 1. The monoisotopic (exact) mass is 332 g/mol. The van der Waals surface area contributed by atoms with Crippen molar-refractivity contribution in [2.75, 3.05) is 33.5 Å². The molecule has 0 unspecified atom stereocenters. The summed E-state index contributed by atoms with van der Waals surface area (Å²) in [5.41, 5.74) is 0.771. The van der Waals surface area contributed by atoms with Gasteiger partial charge in [0.2, 0.25) is 0 Å². The molecule has 0 aliphatic heterocycles. The number of hydrogen-bond acceptors (Lipinski definition) is 5. The van der Waals surface area contributed by atoms with Gasteiger partial charge in [-0.25, -0.2) is 0 Å². The van der Waals surface area contributed by atoms with Crippen LogP contribution in [0.15, 0.2) is 22.7 Å². The fraction of sp³-hybridized carbons (Fsp3) is 0.500. The molecule has 0 atom stereocenters. The molecule has 0 saturated heterocycles. The van der Waals surface area contributed by atoms with Gasteiger partial charge in [0.25, 0.3) is 5.69 Å². The lowest BCUT2D eigenvalue weighted by molar-refractivity contribution is -0.385. The molecule has 0 aliphatic rings. The van der Waals surface area contributed by atoms with E-state index in [-0.39, 0.29) is 10.6 Å². The summed E-state index contributed by atoms with van der Waals surface area (Å²) in [5.74, 6) is 0. The number of nitro groups is 1. The Hall–Kier alpha value is -1.02. The van der Waals surface area contributed by atoms with Gasteiger partial charge in [-0.05, 0) is 12.1 Å². The minimum atomic E-state index is -0.376. The SMILES string of the molecule is COCCOCCNCc1cc(Br)ccc1[N+](=O)[O-]. The van der Waals surface area contributed by atoms with E-state index < -0.39 is 0 Å². The lowest BCUT2D eigenvalue weighted by Gasteiger charge is -2.07. The van der Waals surface area contributed by atoms with Crippen molar-refractivity contribution in [1.82, 2.24) is 5.32 Å². The average molecular weight is 333 g/mol. The molecular weight excluding hydrogens is 316 g/mol. The number of nitrogens with one attached hydrogen (secondary N) is 1. The van der Waals surface area contributed by atoms with E-state index in [1.165, 1.54) is 6.07 Å². The smallest absolute Gasteiger partial charge is 0.273 e. The van der Waals surface area contributed by atoms with Crippen molar-refractivity contribution in [1.29, 1.82) is 0 Å². The minimum Gasteiger partial charge on any atom is -0.382 e. The van der Waals surface area contributed by atoms with Crippen LogP contribution in [0, 0.1) is 10.1 Å². The first-order chi connectivity index (χ1) is 9.15. The molecule has 0 amide bonds. The summed E-state index contributed by atoms with van der Waals surface area (Å²) in [7, 11) is 1.62. The Kier molecular flexibility index (Phi) is 7.57. The Bertz CT molecular complexity index is 415. The van der Waals surface area contributed by atoms with Crippen LogP contribution < -0.4 is 5.32 Å². The molecule has 1 aromatic rings. The Morgan fingerprint density at radius 2 is 2.16 bits per heavy atom. The van der Waals surface area contributed by atoms with E-state index in [9.17, 15) is 10.1 Å². The van der Waals surface area contributed by atoms with E-state index in [1.54, 1.807) is 19.2 Å². The number of nitro benzene ring substituents is 1. The van der Waals surface area contributed by atoms with E-state index in [0.717, 1.165) is 4.47 Å². The molecule has 1 N–H and O–H groups in total. The molecule has 7 heteroatoms. The van der Waals surface area contributed by atoms with E-state index in [1.807, 2.05) is 0 Å². The highest BCUT2D eigenvalue weighted by molar-refractivity contribution is 9.10. The Labute approximate surface area is 120 Å². The summed E-state index contributed by atoms with van der Waals surface area (Å²) >= 11 is 3.31. The zero-order valence-electron chi connectivity index (χ0n) is 10.7. The summed E-state index contributed by atoms with van der Waals surface area (Å²) in [5, 5.41) is 14.0. The van der Waals surface area contributed by atoms with Crippen LogP contribution in [0.1, 0.15) is 5.56 Å². The van der Waals surface area contributed by atoms with Crippen molar-refractivity contribution in [2.45, 2.75) is 6.54 Å². The van der Waals surface area contributed by atoms with Crippen LogP contribution in [0.5, 0.6) is 0 Å². The van der Waals surface area contributed by atoms with E-state index >= 15 is 0 Å². The number of ether oxygens (including phenoxy) is 2.